The first-order chi connectivity index (χ1) is 4.06. The van der Waals surface area contributed by atoms with Gasteiger partial charge in [0, 0.05) is 6.42 Å². The van der Waals surface area contributed by atoms with E-state index in [0.29, 0.717) is 0 Å². The van der Waals surface area contributed by atoms with Gasteiger partial charge in [0.15, 0.2) is 0 Å². The van der Waals surface area contributed by atoms with Gasteiger partial charge in [-0.1, -0.05) is 0 Å². The zero-order valence-corrected chi connectivity index (χ0v) is 6.25. The molecule has 0 rings (SSSR count). The summed E-state index contributed by atoms with van der Waals surface area (Å²) in [5.74, 6) is 0. The Bertz CT molecular complexity index is 110. The minimum absolute atomic E-state index is 0.181. The lowest BCUT2D eigenvalue weighted by molar-refractivity contribution is -0.130. The fourth-order valence-electron chi connectivity index (χ4n) is 0.391. The lowest BCUT2D eigenvalue weighted by Gasteiger charge is -2.01. The van der Waals surface area contributed by atoms with Crippen LogP contribution in [0.2, 0.25) is 6.04 Å². The summed E-state index contributed by atoms with van der Waals surface area (Å²) < 4.78 is 34.0. The first-order valence-corrected chi connectivity index (χ1v) is 4.27. The van der Waals surface area contributed by atoms with Gasteiger partial charge in [-0.25, -0.2) is 0 Å². The van der Waals surface area contributed by atoms with Gasteiger partial charge >= 0.3 is 6.18 Å². The van der Waals surface area contributed by atoms with Crippen molar-refractivity contribution in [2.75, 3.05) is 0 Å². The number of hydrogen-bond acceptors (Lipinski definition) is 0. The van der Waals surface area contributed by atoms with Crippen molar-refractivity contribution in [2.24, 2.45) is 0 Å². The SMILES string of the molecule is C#C[SiH2]CCC(F)(F)F. The number of hydrogen-bond donors (Lipinski definition) is 0. The zero-order chi connectivity index (χ0) is 7.33. The predicted molar refractivity (Wildman–Crippen MR) is 32.9 cm³/mol. The Hall–Kier alpha value is -0.433. The van der Waals surface area contributed by atoms with Crippen LogP contribution in [0.3, 0.4) is 0 Å². The molecule has 0 N–H and O–H groups in total. The first kappa shape index (κ1) is 8.57. The molecule has 0 fully saturated rings. The molecule has 9 heavy (non-hydrogen) atoms. The van der Waals surface area contributed by atoms with E-state index < -0.39 is 22.1 Å². The molecular weight excluding hydrogens is 145 g/mol. The van der Waals surface area contributed by atoms with Crippen molar-refractivity contribution in [2.45, 2.75) is 18.6 Å². The van der Waals surface area contributed by atoms with E-state index >= 15 is 0 Å². The Labute approximate surface area is 54.3 Å². The molecule has 0 aromatic rings. The Morgan fingerprint density at radius 1 is 1.44 bits per heavy atom. The highest BCUT2D eigenvalue weighted by Crippen LogP contribution is 2.20. The van der Waals surface area contributed by atoms with Gasteiger partial charge in [-0.2, -0.15) is 13.2 Å². The summed E-state index contributed by atoms with van der Waals surface area (Å²) in [5, 5.41) is 0. The first-order valence-electron chi connectivity index (χ1n) is 2.56. The maximum absolute atomic E-state index is 11.3. The van der Waals surface area contributed by atoms with Gasteiger partial charge < -0.3 is 0 Å². The van der Waals surface area contributed by atoms with Crippen LogP contribution in [-0.4, -0.2) is 15.7 Å². The van der Waals surface area contributed by atoms with Crippen LogP contribution in [0.4, 0.5) is 13.2 Å². The largest absolute Gasteiger partial charge is 0.388 e. The van der Waals surface area contributed by atoms with E-state index in [1.165, 1.54) is 0 Å². The lowest BCUT2D eigenvalue weighted by atomic mass is 10.5. The van der Waals surface area contributed by atoms with Crippen LogP contribution >= 0.6 is 0 Å². The minimum Gasteiger partial charge on any atom is -0.171 e. The number of rotatable bonds is 2. The second-order valence-corrected chi connectivity index (χ2v) is 3.29. The summed E-state index contributed by atoms with van der Waals surface area (Å²) in [6.45, 7) is 0. The molecule has 0 aliphatic rings. The van der Waals surface area contributed by atoms with E-state index in [-0.39, 0.29) is 6.04 Å². The molecule has 0 saturated carbocycles. The monoisotopic (exact) mass is 152 g/mol. The third-order valence-electron chi connectivity index (χ3n) is 0.781. The van der Waals surface area contributed by atoms with Crippen molar-refractivity contribution in [1.82, 2.24) is 0 Å². The van der Waals surface area contributed by atoms with E-state index in [9.17, 15) is 13.2 Å². The van der Waals surface area contributed by atoms with Gasteiger partial charge in [0.1, 0.15) is 9.52 Å². The fourth-order valence-corrected chi connectivity index (χ4v) is 1.17. The lowest BCUT2D eigenvalue weighted by Crippen LogP contribution is -2.07. The van der Waals surface area contributed by atoms with Gasteiger partial charge in [0.2, 0.25) is 0 Å². The predicted octanol–water partition coefficient (Wildman–Crippen LogP) is 1.12. The minimum atomic E-state index is -4.01. The number of terminal acetylenes is 1. The van der Waals surface area contributed by atoms with E-state index in [1.807, 2.05) is 0 Å². The molecule has 0 radical (unpaired) electrons. The normalized spacial score (nSPS) is 12.2. The van der Waals surface area contributed by atoms with Crippen molar-refractivity contribution in [3.63, 3.8) is 0 Å². The van der Waals surface area contributed by atoms with E-state index in [0.717, 1.165) is 0 Å². The molecule has 0 nitrogen and oxygen atoms in total. The summed E-state index contributed by atoms with van der Waals surface area (Å²) in [5.41, 5.74) is 2.28. The van der Waals surface area contributed by atoms with Crippen LogP contribution in [0.1, 0.15) is 6.42 Å². The molecule has 0 saturated heterocycles. The van der Waals surface area contributed by atoms with Gasteiger partial charge in [0.25, 0.3) is 0 Å². The molecule has 0 bridgehead atoms. The average Bonchev–Trinajstić information content (AvgIpc) is 1.63. The smallest absolute Gasteiger partial charge is 0.171 e. The van der Waals surface area contributed by atoms with Crippen molar-refractivity contribution in [3.05, 3.63) is 0 Å². The molecule has 0 aliphatic carbocycles. The molecule has 0 atom stereocenters. The van der Waals surface area contributed by atoms with Gasteiger partial charge in [-0.15, -0.1) is 12.0 Å². The molecule has 52 valence electrons. The highest BCUT2D eigenvalue weighted by Gasteiger charge is 2.25. The van der Waals surface area contributed by atoms with E-state index in [2.05, 4.69) is 5.54 Å². The Balaban J connectivity index is 3.20. The second kappa shape index (κ2) is 3.57. The van der Waals surface area contributed by atoms with Crippen molar-refractivity contribution < 1.29 is 13.2 Å². The third-order valence-corrected chi connectivity index (χ3v) is 1.78. The summed E-state index contributed by atoms with van der Waals surface area (Å²) in [6, 6.07) is 0.181. The van der Waals surface area contributed by atoms with Crippen LogP contribution in [0.25, 0.3) is 0 Å². The van der Waals surface area contributed by atoms with Crippen LogP contribution < -0.4 is 0 Å². The molecule has 0 aliphatic heterocycles. The van der Waals surface area contributed by atoms with Crippen LogP contribution in [-0.2, 0) is 0 Å². The average molecular weight is 152 g/mol. The number of halogens is 3. The Morgan fingerprint density at radius 3 is 2.33 bits per heavy atom. The van der Waals surface area contributed by atoms with E-state index in [1.54, 1.807) is 0 Å². The zero-order valence-electron chi connectivity index (χ0n) is 4.83. The van der Waals surface area contributed by atoms with Crippen LogP contribution in [0, 0.1) is 12.0 Å². The van der Waals surface area contributed by atoms with E-state index in [4.69, 9.17) is 6.42 Å². The quantitative estimate of drug-likeness (QED) is 0.316. The summed E-state index contributed by atoms with van der Waals surface area (Å²) in [4.78, 5) is 0. The highest BCUT2D eigenvalue weighted by molar-refractivity contribution is 6.45. The molecule has 4 heteroatoms. The highest BCUT2D eigenvalue weighted by atomic mass is 28.2. The van der Waals surface area contributed by atoms with Gasteiger partial charge in [-0.3, -0.25) is 0 Å². The molecular formula is C5H7F3Si. The Kier molecular flexibility index (Phi) is 3.39. The summed E-state index contributed by atoms with van der Waals surface area (Å²) >= 11 is 0. The van der Waals surface area contributed by atoms with Gasteiger partial charge in [-0.05, 0) is 6.04 Å². The standard InChI is InChI=1S/C5H7F3Si/c1-2-9-4-3-5(6,7)8/h1H,3-4,9H2. The van der Waals surface area contributed by atoms with Crippen molar-refractivity contribution >= 4 is 9.52 Å². The van der Waals surface area contributed by atoms with Crippen molar-refractivity contribution in [1.29, 1.82) is 0 Å². The maximum Gasteiger partial charge on any atom is 0.388 e. The number of alkyl halides is 3. The Morgan fingerprint density at radius 2 is 2.00 bits per heavy atom. The molecule has 0 unspecified atom stereocenters. The summed E-state index contributed by atoms with van der Waals surface area (Å²) in [7, 11) is -0.850. The van der Waals surface area contributed by atoms with Crippen molar-refractivity contribution in [3.8, 4) is 12.0 Å². The molecule has 0 aromatic heterocycles. The van der Waals surface area contributed by atoms with Gasteiger partial charge in [0.05, 0.1) is 0 Å². The second-order valence-electron chi connectivity index (χ2n) is 1.67. The van der Waals surface area contributed by atoms with Crippen LogP contribution in [0.5, 0.6) is 0 Å². The third kappa shape index (κ3) is 7.57. The topological polar surface area (TPSA) is 0 Å². The molecule has 0 spiro atoms. The molecule has 0 amide bonds. The molecule has 0 aromatic carbocycles. The fraction of sp³-hybridized carbons (Fsp3) is 0.600. The molecule has 0 heterocycles. The van der Waals surface area contributed by atoms with Crippen LogP contribution in [0.15, 0.2) is 0 Å². The maximum atomic E-state index is 11.3. The summed E-state index contributed by atoms with van der Waals surface area (Å²) in [6.07, 6.45) is 0.0872.